The molecule has 8 heteroatoms. The molecule has 0 radical (unpaired) electrons. The first kappa shape index (κ1) is 79.8. The van der Waals surface area contributed by atoms with Crippen molar-refractivity contribution < 1.29 is 17.7 Å². The Labute approximate surface area is 805 Å². The van der Waals surface area contributed by atoms with Crippen molar-refractivity contribution in [3.8, 4) is 55.6 Å². The highest BCUT2D eigenvalue weighted by Gasteiger charge is 2.32. The van der Waals surface area contributed by atoms with Gasteiger partial charge in [0.1, 0.15) is 22.3 Å². The molecule has 0 aliphatic heterocycles. The Morgan fingerprint density at radius 2 is 0.371 bits per heavy atom. The molecule has 28 rings (SSSR count). The Hall–Kier alpha value is -18.8. The molecule has 0 aliphatic carbocycles. The van der Waals surface area contributed by atoms with Gasteiger partial charge in [0, 0.05) is 87.4 Å². The van der Waals surface area contributed by atoms with Crippen molar-refractivity contribution in [1.82, 2.24) is 0 Å². The Bertz CT molecular complexity index is 9870. The van der Waals surface area contributed by atoms with Crippen LogP contribution in [0.25, 0.3) is 208 Å². The molecule has 0 unspecified atom stereocenters. The van der Waals surface area contributed by atoms with E-state index in [1.165, 1.54) is 0 Å². The summed E-state index contributed by atoms with van der Waals surface area (Å²) in [7, 11) is 0. The second-order valence-corrected chi connectivity index (χ2v) is 36.4. The molecule has 24 aromatic carbocycles. The van der Waals surface area contributed by atoms with E-state index in [-0.39, 0.29) is 0 Å². The number of anilines is 12. The molecule has 8 nitrogen and oxygen atoms in total. The van der Waals surface area contributed by atoms with Gasteiger partial charge in [-0.3, -0.25) is 0 Å². The van der Waals surface area contributed by atoms with Crippen LogP contribution in [0.1, 0.15) is 0 Å². The predicted octanol–water partition coefficient (Wildman–Crippen LogP) is 38.4. The zero-order chi connectivity index (χ0) is 92.0. The number of fused-ring (bicyclic) bond motifs is 22. The quantitative estimate of drug-likeness (QED) is 0.0836. The van der Waals surface area contributed by atoms with Gasteiger partial charge in [0.15, 0.2) is 22.3 Å². The summed E-state index contributed by atoms with van der Waals surface area (Å²) < 4.78 is 28.6. The highest BCUT2D eigenvalue weighted by molar-refractivity contribution is 6.29. The number of benzene rings is 24. The first-order chi connectivity index (χ1) is 69.4. The van der Waals surface area contributed by atoms with Crippen LogP contribution in [-0.2, 0) is 0 Å². The van der Waals surface area contributed by atoms with E-state index in [1.807, 2.05) is 12.1 Å². The molecule has 4 aromatic heterocycles. The van der Waals surface area contributed by atoms with Gasteiger partial charge in [-0.25, -0.2) is 0 Å². The molecule has 140 heavy (non-hydrogen) atoms. The van der Waals surface area contributed by atoms with Gasteiger partial charge in [0.2, 0.25) is 0 Å². The molecule has 28 aromatic rings. The lowest BCUT2D eigenvalue weighted by molar-refractivity contribution is 0.669. The van der Waals surface area contributed by atoms with E-state index >= 15 is 0 Å². The average molecular weight is 1790 g/mol. The number of furan rings is 4. The van der Waals surface area contributed by atoms with Crippen molar-refractivity contribution >= 4 is 221 Å². The van der Waals surface area contributed by atoms with Crippen LogP contribution in [0.2, 0.25) is 0 Å². The van der Waals surface area contributed by atoms with E-state index in [4.69, 9.17) is 17.7 Å². The summed E-state index contributed by atoms with van der Waals surface area (Å²) in [6.45, 7) is 0. The van der Waals surface area contributed by atoms with Gasteiger partial charge in [-0.1, -0.05) is 370 Å². The molecule has 654 valence electrons. The molecule has 4 heterocycles. The summed E-state index contributed by atoms with van der Waals surface area (Å²) in [6.07, 6.45) is 0. The minimum Gasteiger partial charge on any atom is -0.454 e. The summed E-state index contributed by atoms with van der Waals surface area (Å²) in [4.78, 5) is 9.71. The van der Waals surface area contributed by atoms with Crippen molar-refractivity contribution in [3.05, 3.63) is 497 Å². The molecule has 0 saturated carbocycles. The first-order valence-electron chi connectivity index (χ1n) is 47.7. The molecule has 0 atom stereocenters. The largest absolute Gasteiger partial charge is 0.454 e. The molecule has 0 bridgehead atoms. The maximum absolute atomic E-state index is 7.52. The highest BCUT2D eigenvalue weighted by Crippen LogP contribution is 2.56. The lowest BCUT2D eigenvalue weighted by atomic mass is 9.92. The van der Waals surface area contributed by atoms with Crippen LogP contribution in [0.3, 0.4) is 0 Å². The van der Waals surface area contributed by atoms with E-state index in [0.717, 1.165) is 276 Å². The van der Waals surface area contributed by atoms with Gasteiger partial charge >= 0.3 is 0 Å². The van der Waals surface area contributed by atoms with E-state index < -0.39 is 0 Å². The van der Waals surface area contributed by atoms with Gasteiger partial charge in [-0.05, 0) is 226 Å². The second-order valence-electron chi connectivity index (χ2n) is 36.4. The summed E-state index contributed by atoms with van der Waals surface area (Å²) in [5, 5.41) is 21.5. The van der Waals surface area contributed by atoms with Crippen molar-refractivity contribution in [2.75, 3.05) is 19.6 Å². The third-order valence-corrected chi connectivity index (χ3v) is 28.5. The molecule has 0 aliphatic rings. The Morgan fingerprint density at radius 1 is 0.121 bits per heavy atom. The van der Waals surface area contributed by atoms with Crippen LogP contribution in [0.4, 0.5) is 68.2 Å². The van der Waals surface area contributed by atoms with E-state index in [0.29, 0.717) is 0 Å². The lowest BCUT2D eigenvalue weighted by Gasteiger charge is -2.30. The topological polar surface area (TPSA) is 65.5 Å². The van der Waals surface area contributed by atoms with Gasteiger partial charge in [0.25, 0.3) is 0 Å². The number of hydrogen-bond donors (Lipinski definition) is 0. The summed E-state index contributed by atoms with van der Waals surface area (Å²) in [5.74, 6) is 0. The standard InChI is InChI=1S/C132H82N4O4/c1-4-32-83(33-5-1)86-66-70-92(71-67-86)133(116-59-29-56-108-105-52-18-22-62-124(105)137-129(108)116)120-79-112-98-45-11-15-49-102(98)121(80-113(112)97-44-10-14-48-101(97)120)134(117-60-30-57-109-106-53-19-23-63-125(106)138-130(109)117)93-72-68-87(69-73-93)88-38-26-41-91(76-88)96-74-75-119(132-128(96)111-55-21-25-65-127(111)140-132)136(95-43-28-40-90(78-95)85-36-8-3-9-37-85)123-82-115-99-46-12-16-50-103(99)122(81-114(115)100-47-13-17-51-104(100)123)135(94-42-27-39-89(77-94)84-34-6-2-7-35-84)118-61-31-58-110-107-54-20-24-64-126(107)139-131(110)118/h1-82H. The predicted molar refractivity (Wildman–Crippen MR) is 587 cm³/mol. The Morgan fingerprint density at radius 3 is 0.750 bits per heavy atom. The smallest absolute Gasteiger partial charge is 0.160 e. The molecule has 0 fully saturated rings. The molecule has 0 N–H and O–H groups in total. The number of nitrogens with zero attached hydrogens (tertiary/aromatic N) is 4. The van der Waals surface area contributed by atoms with Crippen molar-refractivity contribution in [2.24, 2.45) is 0 Å². The normalized spacial score (nSPS) is 11.9. The van der Waals surface area contributed by atoms with Crippen LogP contribution >= 0.6 is 0 Å². The highest BCUT2D eigenvalue weighted by atomic mass is 16.3. The molecular weight excluding hydrogens is 1710 g/mol. The maximum atomic E-state index is 7.52. The fraction of sp³-hybridized carbons (Fsp3) is 0. The number of hydrogen-bond acceptors (Lipinski definition) is 8. The lowest BCUT2D eigenvalue weighted by Crippen LogP contribution is -2.12. The van der Waals surface area contributed by atoms with Crippen molar-refractivity contribution in [3.63, 3.8) is 0 Å². The minimum absolute atomic E-state index is 0.763. The Balaban J connectivity index is 0.599. The fourth-order valence-corrected chi connectivity index (χ4v) is 22.2. The van der Waals surface area contributed by atoms with E-state index in [1.54, 1.807) is 0 Å². The van der Waals surface area contributed by atoms with Gasteiger partial charge in [-0.2, -0.15) is 0 Å². The molecule has 0 saturated heterocycles. The van der Waals surface area contributed by atoms with Crippen LogP contribution < -0.4 is 19.6 Å². The number of rotatable bonds is 17. The minimum atomic E-state index is 0.763. The summed E-state index contributed by atoms with van der Waals surface area (Å²) >= 11 is 0. The van der Waals surface area contributed by atoms with Gasteiger partial charge in [-0.15, -0.1) is 0 Å². The van der Waals surface area contributed by atoms with Crippen molar-refractivity contribution in [1.29, 1.82) is 0 Å². The molecular formula is C132H82N4O4. The first-order valence-corrected chi connectivity index (χ1v) is 47.7. The SMILES string of the molecule is c1ccc(-c2ccc(N(c3cc4c5ccccc5c(N(c5ccc(-c6cccc(-c7ccc(N(c8cccc(-c9ccccc9)c8)c8cc9c%10ccccc%10c(N(c%10cccc(-c%11ccccc%11)c%10)c%10cccc%11c%10oc%10ccccc%10%11)cc9c9ccccc89)c8oc9ccccc9c78)c6)cc5)c5cccc6c5oc5ccccc56)cc4c4ccccc34)c3cccc4c3oc3ccccc34)cc2)cc1. The zero-order valence-electron chi connectivity index (χ0n) is 75.8. The van der Waals surface area contributed by atoms with Crippen LogP contribution in [0.15, 0.2) is 515 Å². The molecule has 0 amide bonds. The van der Waals surface area contributed by atoms with Gasteiger partial charge in [0.05, 0.1) is 45.5 Å². The third-order valence-electron chi connectivity index (χ3n) is 28.5. The van der Waals surface area contributed by atoms with E-state index in [2.05, 4.69) is 505 Å². The Kier molecular flexibility index (Phi) is 18.5. The van der Waals surface area contributed by atoms with Crippen LogP contribution in [0.5, 0.6) is 0 Å². The van der Waals surface area contributed by atoms with E-state index in [9.17, 15) is 0 Å². The average Bonchev–Trinajstić information content (AvgIpc) is 1.15. The summed E-state index contributed by atoms with van der Waals surface area (Å²) in [5.41, 5.74) is 29.2. The number of para-hydroxylation sites is 7. The maximum Gasteiger partial charge on any atom is 0.160 e. The van der Waals surface area contributed by atoms with Crippen LogP contribution in [0, 0.1) is 0 Å². The summed E-state index contributed by atoms with van der Waals surface area (Å²) in [6, 6.07) is 180. The zero-order valence-corrected chi connectivity index (χ0v) is 75.8. The molecule has 0 spiro atoms. The van der Waals surface area contributed by atoms with Crippen LogP contribution in [-0.4, -0.2) is 0 Å². The monoisotopic (exact) mass is 1790 g/mol. The second kappa shape index (κ2) is 32.5. The van der Waals surface area contributed by atoms with Gasteiger partial charge < -0.3 is 37.3 Å². The van der Waals surface area contributed by atoms with Crippen molar-refractivity contribution in [2.45, 2.75) is 0 Å². The third kappa shape index (κ3) is 13.0. The fourth-order valence-electron chi connectivity index (χ4n) is 22.2.